The van der Waals surface area contributed by atoms with E-state index in [4.69, 9.17) is 5.11 Å². The molecule has 1 aromatic heterocycles. The van der Waals surface area contributed by atoms with Crippen LogP contribution in [0.5, 0.6) is 0 Å². The van der Waals surface area contributed by atoms with Crippen molar-refractivity contribution in [2.24, 2.45) is 0 Å². The maximum Gasteiger partial charge on any atom is 0.355 e. The predicted molar refractivity (Wildman–Crippen MR) is 72.3 cm³/mol. The van der Waals surface area contributed by atoms with E-state index in [0.717, 1.165) is 28.3 Å². The molecule has 0 spiro atoms. The summed E-state index contributed by atoms with van der Waals surface area (Å²) in [6, 6.07) is 6.18. The van der Waals surface area contributed by atoms with Gasteiger partial charge in [0.1, 0.15) is 5.82 Å². The Balaban J connectivity index is 2.23. The number of hydrogen-bond donors (Lipinski definition) is 1. The van der Waals surface area contributed by atoms with Gasteiger partial charge < -0.3 is 5.11 Å². The molecule has 0 fully saturated rings. The minimum Gasteiger partial charge on any atom is -0.476 e. The van der Waals surface area contributed by atoms with Gasteiger partial charge in [0, 0.05) is 11.3 Å². The Morgan fingerprint density at radius 3 is 2.63 bits per heavy atom. The van der Waals surface area contributed by atoms with E-state index in [0.29, 0.717) is 6.42 Å². The molecule has 0 atom stereocenters. The number of thiazole rings is 1. The van der Waals surface area contributed by atoms with Gasteiger partial charge >= 0.3 is 5.97 Å². The third kappa shape index (κ3) is 3.38. The average molecular weight is 279 g/mol. The van der Waals surface area contributed by atoms with Gasteiger partial charge in [0.2, 0.25) is 0 Å². The smallest absolute Gasteiger partial charge is 0.355 e. The van der Waals surface area contributed by atoms with Gasteiger partial charge in [-0.1, -0.05) is 25.5 Å². The molecule has 0 bridgehead atoms. The number of aromatic nitrogens is 1. The fourth-order valence-electron chi connectivity index (χ4n) is 1.82. The van der Waals surface area contributed by atoms with Gasteiger partial charge in [-0.3, -0.25) is 0 Å². The molecule has 2 aromatic rings. The zero-order valence-electron chi connectivity index (χ0n) is 10.5. The van der Waals surface area contributed by atoms with E-state index in [1.165, 1.54) is 23.5 Å². The summed E-state index contributed by atoms with van der Waals surface area (Å²) in [5, 5.41) is 9.86. The maximum absolute atomic E-state index is 12.8. The Morgan fingerprint density at radius 2 is 2.05 bits per heavy atom. The van der Waals surface area contributed by atoms with Gasteiger partial charge in [0.05, 0.1) is 5.01 Å². The van der Waals surface area contributed by atoms with Gasteiger partial charge in [-0.15, -0.1) is 11.3 Å². The normalized spacial score (nSPS) is 10.6. The number of halogens is 1. The zero-order chi connectivity index (χ0) is 13.8. The maximum atomic E-state index is 12.8. The summed E-state index contributed by atoms with van der Waals surface area (Å²) in [6.07, 6.45) is 2.15. The van der Waals surface area contributed by atoms with Crippen LogP contribution in [0.25, 0.3) is 0 Å². The fraction of sp³-hybridized carbons (Fsp3) is 0.286. The van der Waals surface area contributed by atoms with Crippen LogP contribution < -0.4 is 0 Å². The number of aromatic carboxylic acids is 1. The highest BCUT2D eigenvalue weighted by atomic mass is 32.1. The minimum absolute atomic E-state index is 0.156. The summed E-state index contributed by atoms with van der Waals surface area (Å²) in [7, 11) is 0. The number of benzene rings is 1. The van der Waals surface area contributed by atoms with Crippen LogP contribution in [0.4, 0.5) is 4.39 Å². The first kappa shape index (κ1) is 13.7. The van der Waals surface area contributed by atoms with Crippen molar-refractivity contribution in [1.82, 2.24) is 4.98 Å². The van der Waals surface area contributed by atoms with Crippen molar-refractivity contribution in [2.45, 2.75) is 26.2 Å². The van der Waals surface area contributed by atoms with Crippen molar-refractivity contribution < 1.29 is 14.3 Å². The molecular formula is C14H14FNO2S. The summed E-state index contributed by atoms with van der Waals surface area (Å²) in [6.45, 7) is 2.00. The lowest BCUT2D eigenvalue weighted by molar-refractivity contribution is 0.0690. The number of carbonyl (C=O) groups is 1. The molecule has 0 radical (unpaired) electrons. The lowest BCUT2D eigenvalue weighted by Gasteiger charge is -1.97. The van der Waals surface area contributed by atoms with E-state index in [9.17, 15) is 9.18 Å². The van der Waals surface area contributed by atoms with Gasteiger partial charge in [-0.25, -0.2) is 14.2 Å². The molecule has 2 rings (SSSR count). The second-order valence-electron chi connectivity index (χ2n) is 4.24. The molecule has 1 N–H and O–H groups in total. The lowest BCUT2D eigenvalue weighted by atomic mass is 10.1. The first-order valence-electron chi connectivity index (χ1n) is 6.06. The van der Waals surface area contributed by atoms with Crippen molar-refractivity contribution in [2.75, 3.05) is 0 Å². The Kier molecular flexibility index (Phi) is 4.27. The van der Waals surface area contributed by atoms with Crippen LogP contribution in [0.15, 0.2) is 24.3 Å². The summed E-state index contributed by atoms with van der Waals surface area (Å²) in [5.74, 6) is -1.26. The molecule has 0 amide bonds. The molecule has 1 heterocycles. The highest BCUT2D eigenvalue weighted by molar-refractivity contribution is 7.11. The number of carboxylic acid groups (broad SMARTS) is 1. The SMILES string of the molecule is CCCc1sc(Cc2ccc(F)cc2)nc1C(=O)O. The predicted octanol–water partition coefficient (Wildman–Crippen LogP) is 3.52. The van der Waals surface area contributed by atoms with E-state index in [1.54, 1.807) is 12.1 Å². The number of aryl methyl sites for hydroxylation is 1. The van der Waals surface area contributed by atoms with E-state index in [-0.39, 0.29) is 11.5 Å². The Hall–Kier alpha value is -1.75. The Labute approximate surface area is 114 Å². The summed E-state index contributed by atoms with van der Waals surface area (Å²) in [4.78, 5) is 16.1. The molecule has 0 saturated heterocycles. The summed E-state index contributed by atoms with van der Waals surface area (Å²) in [5.41, 5.74) is 1.08. The van der Waals surface area contributed by atoms with E-state index >= 15 is 0 Å². The van der Waals surface area contributed by atoms with E-state index < -0.39 is 5.97 Å². The molecule has 0 saturated carbocycles. The van der Waals surface area contributed by atoms with Gasteiger partial charge in [0.25, 0.3) is 0 Å². The topological polar surface area (TPSA) is 50.2 Å². The number of nitrogens with zero attached hydrogens (tertiary/aromatic N) is 1. The van der Waals surface area contributed by atoms with Crippen LogP contribution in [0.1, 0.15) is 39.3 Å². The van der Waals surface area contributed by atoms with E-state index in [2.05, 4.69) is 4.98 Å². The molecule has 0 aliphatic heterocycles. The standard InChI is InChI=1S/C14H14FNO2S/c1-2-3-11-13(14(17)18)16-12(19-11)8-9-4-6-10(15)7-5-9/h4-7H,2-3,8H2,1H3,(H,17,18). The monoisotopic (exact) mass is 279 g/mol. The molecule has 0 aliphatic rings. The summed E-state index contributed by atoms with van der Waals surface area (Å²) >= 11 is 1.43. The molecule has 0 unspecified atom stereocenters. The second-order valence-corrected chi connectivity index (χ2v) is 5.41. The highest BCUT2D eigenvalue weighted by Crippen LogP contribution is 2.23. The van der Waals surface area contributed by atoms with Crippen molar-refractivity contribution >= 4 is 17.3 Å². The van der Waals surface area contributed by atoms with Crippen molar-refractivity contribution in [3.8, 4) is 0 Å². The van der Waals surface area contributed by atoms with Crippen molar-refractivity contribution in [3.63, 3.8) is 0 Å². The third-order valence-electron chi connectivity index (χ3n) is 2.69. The zero-order valence-corrected chi connectivity index (χ0v) is 11.3. The second kappa shape index (κ2) is 5.93. The average Bonchev–Trinajstić information content (AvgIpc) is 2.76. The lowest BCUT2D eigenvalue weighted by Crippen LogP contribution is -2.01. The molecule has 0 aliphatic carbocycles. The van der Waals surface area contributed by atoms with Gasteiger partial charge in [-0.2, -0.15) is 0 Å². The number of hydrogen-bond acceptors (Lipinski definition) is 3. The van der Waals surface area contributed by atoms with Crippen LogP contribution in [0.3, 0.4) is 0 Å². The Morgan fingerprint density at radius 1 is 1.37 bits per heavy atom. The quantitative estimate of drug-likeness (QED) is 0.911. The van der Waals surface area contributed by atoms with Crippen LogP contribution in [-0.4, -0.2) is 16.1 Å². The molecule has 5 heteroatoms. The molecular weight excluding hydrogens is 265 g/mol. The van der Waals surface area contributed by atoms with Crippen LogP contribution in [0, 0.1) is 5.82 Å². The van der Waals surface area contributed by atoms with Crippen LogP contribution in [-0.2, 0) is 12.8 Å². The molecule has 3 nitrogen and oxygen atoms in total. The first-order chi connectivity index (χ1) is 9.10. The molecule has 100 valence electrons. The molecule has 19 heavy (non-hydrogen) atoms. The van der Waals surface area contributed by atoms with Crippen molar-refractivity contribution in [1.29, 1.82) is 0 Å². The number of carboxylic acids is 1. The largest absolute Gasteiger partial charge is 0.476 e. The molecule has 1 aromatic carbocycles. The highest BCUT2D eigenvalue weighted by Gasteiger charge is 2.16. The fourth-order valence-corrected chi connectivity index (χ4v) is 3.01. The minimum atomic E-state index is -0.981. The van der Waals surface area contributed by atoms with Crippen LogP contribution >= 0.6 is 11.3 Å². The van der Waals surface area contributed by atoms with Crippen LogP contribution in [0.2, 0.25) is 0 Å². The third-order valence-corrected chi connectivity index (χ3v) is 3.81. The number of rotatable bonds is 5. The van der Waals surface area contributed by atoms with Crippen molar-refractivity contribution in [3.05, 3.63) is 51.2 Å². The van der Waals surface area contributed by atoms with Gasteiger partial charge in [0.15, 0.2) is 5.69 Å². The van der Waals surface area contributed by atoms with Gasteiger partial charge in [-0.05, 0) is 24.1 Å². The Bertz CT molecular complexity index is 578. The summed E-state index contributed by atoms with van der Waals surface area (Å²) < 4.78 is 12.8. The first-order valence-corrected chi connectivity index (χ1v) is 6.88. The van der Waals surface area contributed by atoms with E-state index in [1.807, 2.05) is 6.92 Å².